The number of aliphatic hydroxyl groups is 2. The Morgan fingerprint density at radius 3 is 2.50 bits per heavy atom. The first-order valence-corrected chi connectivity index (χ1v) is 5.65. The van der Waals surface area contributed by atoms with Gasteiger partial charge in [-0.2, -0.15) is 0 Å². The van der Waals surface area contributed by atoms with Crippen LogP contribution in [0.15, 0.2) is 12.1 Å². The SMILES string of the molecule is NNc1cc(C(=O)N(CCO)CCO)cc(Cl)n1. The van der Waals surface area contributed by atoms with Gasteiger partial charge in [-0.3, -0.25) is 4.79 Å². The molecule has 0 aliphatic rings. The van der Waals surface area contributed by atoms with E-state index in [4.69, 9.17) is 27.7 Å². The number of rotatable bonds is 6. The van der Waals surface area contributed by atoms with Crippen molar-refractivity contribution < 1.29 is 15.0 Å². The highest BCUT2D eigenvalue weighted by atomic mass is 35.5. The molecule has 0 aliphatic carbocycles. The molecule has 8 heteroatoms. The van der Waals surface area contributed by atoms with E-state index >= 15 is 0 Å². The van der Waals surface area contributed by atoms with Crippen molar-refractivity contribution >= 4 is 23.3 Å². The average Bonchev–Trinajstić information content (AvgIpc) is 2.36. The fourth-order valence-corrected chi connectivity index (χ4v) is 1.64. The molecular formula is C10H15ClN4O3. The molecule has 7 nitrogen and oxygen atoms in total. The Balaban J connectivity index is 2.96. The first-order chi connectivity index (χ1) is 8.62. The highest BCUT2D eigenvalue weighted by Gasteiger charge is 2.16. The van der Waals surface area contributed by atoms with Crippen molar-refractivity contribution in [2.45, 2.75) is 0 Å². The minimum absolute atomic E-state index is 0.127. The predicted molar refractivity (Wildman–Crippen MR) is 67.1 cm³/mol. The Morgan fingerprint density at radius 2 is 2.00 bits per heavy atom. The normalized spacial score (nSPS) is 10.2. The lowest BCUT2D eigenvalue weighted by Gasteiger charge is -2.20. The van der Waals surface area contributed by atoms with E-state index in [1.807, 2.05) is 0 Å². The van der Waals surface area contributed by atoms with Crippen LogP contribution in [0, 0.1) is 0 Å². The van der Waals surface area contributed by atoms with Gasteiger partial charge in [0.15, 0.2) is 0 Å². The Hall–Kier alpha value is -1.41. The first kappa shape index (κ1) is 14.7. The molecule has 0 aromatic carbocycles. The zero-order valence-electron chi connectivity index (χ0n) is 9.64. The third-order valence-electron chi connectivity index (χ3n) is 2.22. The van der Waals surface area contributed by atoms with Gasteiger partial charge in [-0.1, -0.05) is 11.6 Å². The van der Waals surface area contributed by atoms with Gasteiger partial charge in [0, 0.05) is 18.7 Å². The number of anilines is 1. The van der Waals surface area contributed by atoms with Gasteiger partial charge in [0.1, 0.15) is 11.0 Å². The third-order valence-corrected chi connectivity index (χ3v) is 2.41. The maximum atomic E-state index is 12.1. The van der Waals surface area contributed by atoms with Gasteiger partial charge in [0.25, 0.3) is 5.91 Å². The molecule has 0 bridgehead atoms. The number of nitrogens with two attached hydrogens (primary N) is 1. The summed E-state index contributed by atoms with van der Waals surface area (Å²) in [4.78, 5) is 17.3. The highest BCUT2D eigenvalue weighted by molar-refractivity contribution is 6.29. The van der Waals surface area contributed by atoms with Crippen molar-refractivity contribution in [1.29, 1.82) is 0 Å². The zero-order valence-corrected chi connectivity index (χ0v) is 10.4. The molecule has 1 aromatic heterocycles. The molecular weight excluding hydrogens is 260 g/mol. The summed E-state index contributed by atoms with van der Waals surface area (Å²) in [6.45, 7) is -0.117. The molecule has 18 heavy (non-hydrogen) atoms. The van der Waals surface area contributed by atoms with Gasteiger partial charge in [0.05, 0.1) is 13.2 Å². The molecule has 1 heterocycles. The van der Waals surface area contributed by atoms with Crippen LogP contribution >= 0.6 is 11.6 Å². The van der Waals surface area contributed by atoms with Gasteiger partial charge >= 0.3 is 0 Å². The van der Waals surface area contributed by atoms with Crippen LogP contribution in [0.4, 0.5) is 5.82 Å². The molecule has 100 valence electrons. The number of halogens is 1. The quantitative estimate of drug-likeness (QED) is 0.315. The number of nitrogens with zero attached hydrogens (tertiary/aromatic N) is 2. The molecule has 0 atom stereocenters. The van der Waals surface area contributed by atoms with Crippen LogP contribution in [-0.4, -0.2) is 52.3 Å². The van der Waals surface area contributed by atoms with E-state index in [9.17, 15) is 4.79 Å². The minimum atomic E-state index is -0.362. The molecule has 1 rings (SSSR count). The van der Waals surface area contributed by atoms with E-state index in [0.29, 0.717) is 0 Å². The second-order valence-electron chi connectivity index (χ2n) is 3.45. The fourth-order valence-electron chi connectivity index (χ4n) is 1.43. The van der Waals surface area contributed by atoms with Gasteiger partial charge in [0.2, 0.25) is 0 Å². The number of hydrogen-bond acceptors (Lipinski definition) is 6. The van der Waals surface area contributed by atoms with Crippen molar-refractivity contribution in [3.05, 3.63) is 22.8 Å². The van der Waals surface area contributed by atoms with Crippen molar-refractivity contribution in [2.75, 3.05) is 31.7 Å². The zero-order chi connectivity index (χ0) is 13.5. The van der Waals surface area contributed by atoms with Gasteiger partial charge in [-0.05, 0) is 12.1 Å². The van der Waals surface area contributed by atoms with Gasteiger partial charge in [-0.15, -0.1) is 0 Å². The van der Waals surface area contributed by atoms with Crippen LogP contribution < -0.4 is 11.3 Å². The second kappa shape index (κ2) is 7.12. The monoisotopic (exact) mass is 274 g/mol. The largest absolute Gasteiger partial charge is 0.395 e. The number of hydrazine groups is 1. The number of carbonyl (C=O) groups excluding carboxylic acids is 1. The molecule has 0 spiro atoms. The first-order valence-electron chi connectivity index (χ1n) is 5.27. The topological polar surface area (TPSA) is 112 Å². The summed E-state index contributed by atoms with van der Waals surface area (Å²) in [5.74, 6) is 5.11. The highest BCUT2D eigenvalue weighted by Crippen LogP contribution is 2.15. The summed E-state index contributed by atoms with van der Waals surface area (Å²) in [6, 6.07) is 2.84. The van der Waals surface area contributed by atoms with E-state index in [1.54, 1.807) is 0 Å². The van der Waals surface area contributed by atoms with Crippen LogP contribution in [0.5, 0.6) is 0 Å². The summed E-state index contributed by atoms with van der Waals surface area (Å²) < 4.78 is 0. The van der Waals surface area contributed by atoms with E-state index in [1.165, 1.54) is 17.0 Å². The van der Waals surface area contributed by atoms with Crippen molar-refractivity contribution in [1.82, 2.24) is 9.88 Å². The average molecular weight is 275 g/mol. The molecule has 0 radical (unpaired) electrons. The lowest BCUT2D eigenvalue weighted by Crippen LogP contribution is -2.36. The van der Waals surface area contributed by atoms with E-state index in [0.717, 1.165) is 0 Å². The molecule has 5 N–H and O–H groups in total. The maximum Gasteiger partial charge on any atom is 0.254 e. The number of amides is 1. The second-order valence-corrected chi connectivity index (χ2v) is 3.83. The summed E-state index contributed by atoms with van der Waals surface area (Å²) in [6.07, 6.45) is 0. The van der Waals surface area contributed by atoms with Crippen molar-refractivity contribution in [3.63, 3.8) is 0 Å². The number of aromatic nitrogens is 1. The molecule has 0 fully saturated rings. The smallest absolute Gasteiger partial charge is 0.254 e. The third kappa shape index (κ3) is 3.81. The number of nitrogens with one attached hydrogen (secondary N) is 1. The number of hydrogen-bond donors (Lipinski definition) is 4. The lowest BCUT2D eigenvalue weighted by molar-refractivity contribution is 0.0685. The minimum Gasteiger partial charge on any atom is -0.395 e. The van der Waals surface area contributed by atoms with Crippen LogP contribution in [0.3, 0.4) is 0 Å². The Labute approximate surface area is 109 Å². The van der Waals surface area contributed by atoms with Crippen LogP contribution in [-0.2, 0) is 0 Å². The van der Waals surface area contributed by atoms with E-state index in [2.05, 4.69) is 10.4 Å². The standard InChI is InChI=1S/C10H15ClN4O3/c11-8-5-7(6-9(13-8)14-12)10(18)15(1-3-16)2-4-17/h5-6,16-17H,1-4,12H2,(H,13,14). The molecule has 1 aromatic rings. The van der Waals surface area contributed by atoms with E-state index < -0.39 is 0 Å². The van der Waals surface area contributed by atoms with Crippen molar-refractivity contribution in [2.24, 2.45) is 5.84 Å². The summed E-state index contributed by atoms with van der Waals surface area (Å²) in [5.41, 5.74) is 2.58. The van der Waals surface area contributed by atoms with Crippen LogP contribution in [0.2, 0.25) is 5.15 Å². The summed E-state index contributed by atoms with van der Waals surface area (Å²) in [7, 11) is 0. The van der Waals surface area contributed by atoms with E-state index in [-0.39, 0.29) is 48.7 Å². The predicted octanol–water partition coefficient (Wildman–Crippen LogP) is -0.553. The number of nitrogen functional groups attached to an aromatic ring is 1. The number of aliphatic hydroxyl groups excluding tert-OH is 2. The number of pyridine rings is 1. The van der Waals surface area contributed by atoms with Gasteiger partial charge < -0.3 is 20.5 Å². The molecule has 0 saturated heterocycles. The number of carbonyl (C=O) groups is 1. The maximum absolute atomic E-state index is 12.1. The Morgan fingerprint density at radius 1 is 1.39 bits per heavy atom. The summed E-state index contributed by atoms with van der Waals surface area (Å²) in [5, 5.41) is 17.9. The summed E-state index contributed by atoms with van der Waals surface area (Å²) >= 11 is 5.76. The van der Waals surface area contributed by atoms with Crippen LogP contribution in [0.1, 0.15) is 10.4 Å². The Bertz CT molecular complexity index is 410. The fraction of sp³-hybridized carbons (Fsp3) is 0.400. The molecule has 0 unspecified atom stereocenters. The van der Waals surface area contributed by atoms with Crippen LogP contribution in [0.25, 0.3) is 0 Å². The Kier molecular flexibility index (Phi) is 5.79. The molecule has 0 aliphatic heterocycles. The lowest BCUT2D eigenvalue weighted by atomic mass is 10.2. The van der Waals surface area contributed by atoms with Crippen molar-refractivity contribution in [3.8, 4) is 0 Å². The molecule has 0 saturated carbocycles. The molecule has 1 amide bonds. The van der Waals surface area contributed by atoms with Gasteiger partial charge in [-0.25, -0.2) is 10.8 Å².